The second-order valence-corrected chi connectivity index (χ2v) is 7.32. The second kappa shape index (κ2) is 5.66. The number of nitrogens with one attached hydrogen (secondary N) is 1. The van der Waals surface area contributed by atoms with Gasteiger partial charge < -0.3 is 0 Å². The zero-order valence-corrected chi connectivity index (χ0v) is 12.1. The van der Waals surface area contributed by atoms with Crippen LogP contribution in [-0.2, 0) is 10.0 Å². The van der Waals surface area contributed by atoms with Crippen molar-refractivity contribution in [2.75, 3.05) is 11.5 Å². The molecule has 0 aromatic heterocycles. The third-order valence-corrected chi connectivity index (χ3v) is 5.68. The average molecular weight is 323 g/mol. The van der Waals surface area contributed by atoms with Gasteiger partial charge in [-0.05, 0) is 24.3 Å². The van der Waals surface area contributed by atoms with Crippen LogP contribution in [0.1, 0.15) is 6.42 Å². The first-order chi connectivity index (χ1) is 8.90. The fraction of sp³-hybridized carbons (Fsp3) is 0.400. The van der Waals surface area contributed by atoms with Crippen LogP contribution in [0.15, 0.2) is 23.1 Å². The van der Waals surface area contributed by atoms with Gasteiger partial charge in [-0.15, -0.1) is 0 Å². The van der Waals surface area contributed by atoms with E-state index in [1.807, 2.05) is 0 Å². The number of hydrogen-bond acceptors (Lipinski definition) is 5. The quantitative estimate of drug-likeness (QED) is 0.676. The highest BCUT2D eigenvalue weighted by Gasteiger charge is 2.25. The van der Waals surface area contributed by atoms with Crippen molar-refractivity contribution in [1.82, 2.24) is 4.72 Å². The SMILES string of the molecule is O=[N+]([O-])c1cc(S(=O)(=O)NC2CCSC2)ccc1Cl. The van der Waals surface area contributed by atoms with E-state index in [0.717, 1.165) is 24.0 Å². The van der Waals surface area contributed by atoms with Gasteiger partial charge in [0, 0.05) is 17.9 Å². The molecule has 1 aliphatic heterocycles. The fourth-order valence-corrected chi connectivity index (χ4v) is 4.45. The molecule has 1 aliphatic rings. The highest BCUT2D eigenvalue weighted by atomic mass is 35.5. The Balaban J connectivity index is 2.29. The summed E-state index contributed by atoms with van der Waals surface area (Å²) in [6, 6.07) is 3.34. The average Bonchev–Trinajstić information content (AvgIpc) is 2.80. The van der Waals surface area contributed by atoms with E-state index in [1.165, 1.54) is 12.1 Å². The van der Waals surface area contributed by atoms with Crippen molar-refractivity contribution in [3.05, 3.63) is 33.3 Å². The van der Waals surface area contributed by atoms with Gasteiger partial charge in [0.05, 0.1) is 9.82 Å². The van der Waals surface area contributed by atoms with Crippen molar-refractivity contribution in [1.29, 1.82) is 0 Å². The lowest BCUT2D eigenvalue weighted by Gasteiger charge is -2.11. The van der Waals surface area contributed by atoms with E-state index in [2.05, 4.69) is 4.72 Å². The Kier molecular flexibility index (Phi) is 4.34. The number of thioether (sulfide) groups is 1. The number of benzene rings is 1. The summed E-state index contributed by atoms with van der Waals surface area (Å²) in [5.74, 6) is 1.63. The summed E-state index contributed by atoms with van der Waals surface area (Å²) >= 11 is 7.32. The molecular weight excluding hydrogens is 312 g/mol. The van der Waals surface area contributed by atoms with E-state index in [9.17, 15) is 18.5 Å². The molecule has 1 saturated heterocycles. The van der Waals surface area contributed by atoms with Crippen LogP contribution in [-0.4, -0.2) is 30.9 Å². The van der Waals surface area contributed by atoms with Crippen molar-refractivity contribution in [2.45, 2.75) is 17.4 Å². The molecule has 1 fully saturated rings. The zero-order chi connectivity index (χ0) is 14.0. The van der Waals surface area contributed by atoms with Crippen LogP contribution in [0.5, 0.6) is 0 Å². The molecule has 1 aromatic carbocycles. The molecule has 0 bridgehead atoms. The van der Waals surface area contributed by atoms with Crippen LogP contribution < -0.4 is 4.72 Å². The summed E-state index contributed by atoms with van der Waals surface area (Å²) in [7, 11) is -3.74. The van der Waals surface area contributed by atoms with Gasteiger partial charge in [0.2, 0.25) is 10.0 Å². The van der Waals surface area contributed by atoms with Crippen LogP contribution >= 0.6 is 23.4 Å². The predicted molar refractivity (Wildman–Crippen MR) is 74.2 cm³/mol. The maximum absolute atomic E-state index is 12.1. The van der Waals surface area contributed by atoms with Crippen molar-refractivity contribution in [3.8, 4) is 0 Å². The molecule has 9 heteroatoms. The van der Waals surface area contributed by atoms with Crippen LogP contribution in [0.3, 0.4) is 0 Å². The monoisotopic (exact) mass is 322 g/mol. The molecule has 1 atom stereocenters. The smallest absolute Gasteiger partial charge is 0.258 e. The van der Waals surface area contributed by atoms with Crippen LogP contribution in [0, 0.1) is 10.1 Å². The molecular formula is C10H11ClN2O4S2. The zero-order valence-electron chi connectivity index (χ0n) is 9.71. The first kappa shape index (κ1) is 14.6. The lowest BCUT2D eigenvalue weighted by molar-refractivity contribution is -0.384. The maximum Gasteiger partial charge on any atom is 0.289 e. The van der Waals surface area contributed by atoms with Gasteiger partial charge >= 0.3 is 0 Å². The Morgan fingerprint density at radius 1 is 1.47 bits per heavy atom. The highest BCUT2D eigenvalue weighted by molar-refractivity contribution is 7.99. The molecule has 0 saturated carbocycles. The van der Waals surface area contributed by atoms with Crippen molar-refractivity contribution < 1.29 is 13.3 Å². The summed E-state index contributed by atoms with van der Waals surface area (Å²) in [5.41, 5.74) is -0.412. The van der Waals surface area contributed by atoms with E-state index in [1.54, 1.807) is 11.8 Å². The maximum atomic E-state index is 12.1. The number of sulfonamides is 1. The largest absolute Gasteiger partial charge is 0.289 e. The van der Waals surface area contributed by atoms with Gasteiger partial charge in [-0.3, -0.25) is 10.1 Å². The van der Waals surface area contributed by atoms with E-state index in [-0.39, 0.29) is 16.0 Å². The molecule has 1 unspecified atom stereocenters. The van der Waals surface area contributed by atoms with Gasteiger partial charge in [0.1, 0.15) is 5.02 Å². The summed E-state index contributed by atoms with van der Waals surface area (Å²) in [5, 5.41) is 10.7. The van der Waals surface area contributed by atoms with Gasteiger partial charge in [-0.1, -0.05) is 11.6 Å². The molecule has 1 heterocycles. The minimum atomic E-state index is -3.74. The molecule has 6 nitrogen and oxygen atoms in total. The first-order valence-corrected chi connectivity index (χ1v) is 8.46. The Morgan fingerprint density at radius 2 is 2.21 bits per heavy atom. The molecule has 0 aliphatic carbocycles. The summed E-state index contributed by atoms with van der Waals surface area (Å²) < 4.78 is 26.7. The molecule has 1 N–H and O–H groups in total. The lowest BCUT2D eigenvalue weighted by atomic mass is 10.3. The van der Waals surface area contributed by atoms with Crippen LogP contribution in [0.25, 0.3) is 0 Å². The standard InChI is InChI=1S/C10H11ClN2O4S2/c11-9-2-1-8(5-10(9)13(14)15)19(16,17)12-7-3-4-18-6-7/h1-2,5,7,12H,3-4,6H2. The van der Waals surface area contributed by atoms with Gasteiger partial charge in [0.15, 0.2) is 0 Å². The highest BCUT2D eigenvalue weighted by Crippen LogP contribution is 2.27. The van der Waals surface area contributed by atoms with Crippen LogP contribution in [0.4, 0.5) is 5.69 Å². The number of halogens is 1. The summed E-state index contributed by atoms with van der Waals surface area (Å²) in [6.45, 7) is 0. The third kappa shape index (κ3) is 3.38. The minimum absolute atomic E-state index is 0.0830. The van der Waals surface area contributed by atoms with Gasteiger partial charge in [-0.2, -0.15) is 11.8 Å². The summed E-state index contributed by atoms with van der Waals surface area (Å²) in [4.78, 5) is 9.91. The predicted octanol–water partition coefficient (Wildman–Crippen LogP) is 2.03. The number of nitro benzene ring substituents is 1. The van der Waals surface area contributed by atoms with E-state index in [0.29, 0.717) is 0 Å². The second-order valence-electron chi connectivity index (χ2n) is 4.05. The molecule has 0 radical (unpaired) electrons. The van der Waals surface area contributed by atoms with E-state index < -0.39 is 20.6 Å². The van der Waals surface area contributed by atoms with Gasteiger partial charge in [0.25, 0.3) is 5.69 Å². The minimum Gasteiger partial charge on any atom is -0.258 e. The Hall–Kier alpha value is -0.830. The normalized spacial score (nSPS) is 19.5. The number of rotatable bonds is 4. The molecule has 1 aromatic rings. The number of nitrogens with zero attached hydrogens (tertiary/aromatic N) is 1. The fourth-order valence-electron chi connectivity index (χ4n) is 1.71. The Morgan fingerprint density at radius 3 is 2.79 bits per heavy atom. The summed E-state index contributed by atoms with van der Waals surface area (Å²) in [6.07, 6.45) is 0.763. The van der Waals surface area contributed by atoms with Crippen LogP contribution in [0.2, 0.25) is 5.02 Å². The topological polar surface area (TPSA) is 89.3 Å². The van der Waals surface area contributed by atoms with E-state index >= 15 is 0 Å². The van der Waals surface area contributed by atoms with Crippen molar-refractivity contribution in [2.24, 2.45) is 0 Å². The molecule has 0 spiro atoms. The first-order valence-electron chi connectivity index (χ1n) is 5.44. The Bertz CT molecular complexity index is 600. The van der Waals surface area contributed by atoms with E-state index in [4.69, 9.17) is 11.6 Å². The molecule has 104 valence electrons. The Labute approximate surface area is 119 Å². The van der Waals surface area contributed by atoms with Crippen molar-refractivity contribution in [3.63, 3.8) is 0 Å². The number of nitro groups is 1. The molecule has 2 rings (SSSR count). The van der Waals surface area contributed by atoms with Crippen molar-refractivity contribution >= 4 is 39.1 Å². The molecule has 19 heavy (non-hydrogen) atoms. The lowest BCUT2D eigenvalue weighted by Crippen LogP contribution is -2.34. The molecule has 0 amide bonds. The van der Waals surface area contributed by atoms with Gasteiger partial charge in [-0.25, -0.2) is 13.1 Å². The number of hydrogen-bond donors (Lipinski definition) is 1. The third-order valence-electron chi connectivity index (χ3n) is 2.68.